The molecule has 3 aromatic carbocycles. The number of halogens is 1. The van der Waals surface area contributed by atoms with E-state index < -0.39 is 7.36 Å². The number of hydrogen-bond donors (Lipinski definition) is 0. The van der Waals surface area contributed by atoms with Crippen molar-refractivity contribution in [2.45, 2.75) is 25.8 Å². The van der Waals surface area contributed by atoms with Gasteiger partial charge < -0.3 is 9.41 Å². The fourth-order valence-electron chi connectivity index (χ4n) is 5.56. The quantitative estimate of drug-likeness (QED) is 0.256. The van der Waals surface area contributed by atoms with E-state index in [-0.39, 0.29) is 0 Å². The van der Waals surface area contributed by atoms with Crippen LogP contribution in [0.4, 0.5) is 11.5 Å². The summed E-state index contributed by atoms with van der Waals surface area (Å²) in [5, 5.41) is 6.88. The summed E-state index contributed by atoms with van der Waals surface area (Å²) in [6.07, 6.45) is 2.22. The number of hydrogen-bond acceptors (Lipinski definition) is 4. The molecule has 0 N–H and O–H groups in total. The van der Waals surface area contributed by atoms with Crippen molar-refractivity contribution in [2.75, 3.05) is 26.3 Å². The van der Waals surface area contributed by atoms with Gasteiger partial charge in [-0.25, -0.2) is 19.1 Å². The Labute approximate surface area is 233 Å². The Kier molecular flexibility index (Phi) is 6.40. The predicted octanol–water partition coefficient (Wildman–Crippen LogP) is 6.71. The highest BCUT2D eigenvalue weighted by atomic mass is 35.5. The summed E-state index contributed by atoms with van der Waals surface area (Å²) < 4.78 is 18.7. The normalized spacial score (nSPS) is 21.4. The molecule has 7 rings (SSSR count). The number of nitrogens with zero attached hydrogens (tertiary/aromatic N) is 6. The number of aliphatic imine (C=N–C) groups is 1. The van der Waals surface area contributed by atoms with Gasteiger partial charge in [-0.15, -0.1) is 0 Å². The molecule has 3 heterocycles. The highest BCUT2D eigenvalue weighted by Crippen LogP contribution is 2.65. The van der Waals surface area contributed by atoms with Crippen molar-refractivity contribution >= 4 is 41.6 Å². The van der Waals surface area contributed by atoms with Gasteiger partial charge >= 0.3 is 0 Å². The number of amidine groups is 1. The third-order valence-electron chi connectivity index (χ3n) is 7.44. The van der Waals surface area contributed by atoms with Gasteiger partial charge in [-0.3, -0.25) is 0 Å². The van der Waals surface area contributed by atoms with Crippen LogP contribution < -0.4 is 5.30 Å². The molecule has 0 amide bonds. The molecule has 7 nitrogen and oxygen atoms in total. The number of benzene rings is 3. The van der Waals surface area contributed by atoms with Gasteiger partial charge in [-0.05, 0) is 44.0 Å². The third kappa shape index (κ3) is 4.25. The molecule has 1 saturated carbocycles. The Balaban J connectivity index is 1.61. The number of aryl methyl sites for hydroxylation is 1. The van der Waals surface area contributed by atoms with Gasteiger partial charge in [-0.1, -0.05) is 72.3 Å². The van der Waals surface area contributed by atoms with Gasteiger partial charge in [0, 0.05) is 24.7 Å². The van der Waals surface area contributed by atoms with Gasteiger partial charge in [-0.2, -0.15) is 5.10 Å². The molecule has 1 unspecified atom stereocenters. The van der Waals surface area contributed by atoms with E-state index in [1.165, 1.54) is 0 Å². The maximum Gasteiger partial charge on any atom is 0.170 e. The molecule has 1 aliphatic carbocycles. The van der Waals surface area contributed by atoms with Crippen LogP contribution in [-0.2, 0) is 4.74 Å². The molecule has 1 atom stereocenters. The Bertz CT molecular complexity index is 1590. The summed E-state index contributed by atoms with van der Waals surface area (Å²) in [5.41, 5.74) is 3.82. The van der Waals surface area contributed by atoms with E-state index in [1.807, 2.05) is 47.1 Å². The number of para-hydroxylation sites is 1. The first-order valence-electron chi connectivity index (χ1n) is 13.5. The molecule has 1 saturated heterocycles. The summed E-state index contributed by atoms with van der Waals surface area (Å²) in [6.45, 7) is 4.99. The first kappa shape index (κ1) is 24.8. The molecule has 9 heteroatoms. The number of morpholine rings is 1. The van der Waals surface area contributed by atoms with Crippen molar-refractivity contribution in [3.63, 3.8) is 0 Å². The maximum atomic E-state index is 6.82. The van der Waals surface area contributed by atoms with Crippen LogP contribution in [0.1, 0.15) is 24.1 Å². The molecular formula is C30H30ClN6OP. The lowest BCUT2D eigenvalue weighted by Gasteiger charge is -2.48. The monoisotopic (exact) mass is 556 g/mol. The highest BCUT2D eigenvalue weighted by molar-refractivity contribution is 7.70. The summed E-state index contributed by atoms with van der Waals surface area (Å²) >= 11 is 6.82. The second-order valence-electron chi connectivity index (χ2n) is 10.1. The predicted molar refractivity (Wildman–Crippen MR) is 158 cm³/mol. The van der Waals surface area contributed by atoms with Crippen LogP contribution in [0.2, 0.25) is 5.02 Å². The molecular weight excluding hydrogens is 527 g/mol. The van der Waals surface area contributed by atoms with E-state index in [9.17, 15) is 0 Å². The fourth-order valence-corrected chi connectivity index (χ4v) is 10.1. The van der Waals surface area contributed by atoms with E-state index in [2.05, 4.69) is 58.7 Å². The van der Waals surface area contributed by atoms with E-state index in [1.54, 1.807) is 0 Å². The second-order valence-corrected chi connectivity index (χ2v) is 13.3. The lowest BCUT2D eigenvalue weighted by Crippen LogP contribution is -2.47. The molecule has 3 aliphatic rings. The molecule has 2 fully saturated rings. The molecule has 198 valence electrons. The number of aromatic nitrogens is 2. The summed E-state index contributed by atoms with van der Waals surface area (Å²) in [7, 11) is -2.65. The third-order valence-corrected chi connectivity index (χ3v) is 11.7. The smallest absolute Gasteiger partial charge is 0.170 e. The van der Waals surface area contributed by atoms with Crippen LogP contribution in [0.25, 0.3) is 5.69 Å². The molecule has 0 spiro atoms. The van der Waals surface area contributed by atoms with Gasteiger partial charge in [0.15, 0.2) is 13.2 Å². The minimum Gasteiger partial charge on any atom is -0.379 e. The molecule has 2 aliphatic heterocycles. The minimum atomic E-state index is -2.65. The molecule has 39 heavy (non-hydrogen) atoms. The summed E-state index contributed by atoms with van der Waals surface area (Å²) in [5.74, 6) is 1.81. The number of fused-ring (bicyclic) bond motifs is 1. The van der Waals surface area contributed by atoms with Crippen LogP contribution in [0.5, 0.6) is 0 Å². The van der Waals surface area contributed by atoms with Crippen molar-refractivity contribution in [1.82, 2.24) is 19.1 Å². The number of ether oxygens (including phenoxy) is 1. The van der Waals surface area contributed by atoms with Gasteiger partial charge in [0.05, 0.1) is 40.6 Å². The van der Waals surface area contributed by atoms with Crippen LogP contribution in [0, 0.1) is 6.92 Å². The van der Waals surface area contributed by atoms with Crippen molar-refractivity contribution in [3.05, 3.63) is 101 Å². The minimum absolute atomic E-state index is 0.346. The van der Waals surface area contributed by atoms with Crippen LogP contribution in [0.15, 0.2) is 94.7 Å². The molecule has 0 radical (unpaired) electrons. The Morgan fingerprint density at radius 3 is 2.26 bits per heavy atom. The topological polar surface area (TPSA) is 58.3 Å². The summed E-state index contributed by atoms with van der Waals surface area (Å²) in [4.78, 5) is 5.43. The average molecular weight is 557 g/mol. The van der Waals surface area contributed by atoms with Crippen LogP contribution >= 0.6 is 19.0 Å². The lowest BCUT2D eigenvalue weighted by atomic mass is 10.2. The summed E-state index contributed by atoms with van der Waals surface area (Å²) in [6, 6.07) is 29.1. The van der Waals surface area contributed by atoms with E-state index in [0.29, 0.717) is 24.3 Å². The van der Waals surface area contributed by atoms with Crippen molar-refractivity contribution < 1.29 is 4.74 Å². The maximum absolute atomic E-state index is 6.82. The Hall–Kier alpha value is -3.22. The highest BCUT2D eigenvalue weighted by Gasteiger charge is 2.51. The first-order chi connectivity index (χ1) is 19.2. The second kappa shape index (κ2) is 10.1. The zero-order chi connectivity index (χ0) is 26.4. The van der Waals surface area contributed by atoms with E-state index in [4.69, 9.17) is 31.2 Å². The van der Waals surface area contributed by atoms with Crippen molar-refractivity contribution in [2.24, 2.45) is 9.74 Å². The molecule has 4 aromatic rings. The van der Waals surface area contributed by atoms with Gasteiger partial charge in [0.2, 0.25) is 0 Å². The average Bonchev–Trinajstić information content (AvgIpc) is 3.77. The van der Waals surface area contributed by atoms with E-state index >= 15 is 0 Å². The van der Waals surface area contributed by atoms with E-state index in [0.717, 1.165) is 65.5 Å². The molecule has 0 bridgehead atoms. The largest absolute Gasteiger partial charge is 0.379 e. The number of rotatable bonds is 5. The Morgan fingerprint density at radius 2 is 1.56 bits per heavy atom. The Morgan fingerprint density at radius 1 is 0.897 bits per heavy atom. The molecule has 1 aromatic heterocycles. The van der Waals surface area contributed by atoms with Crippen LogP contribution in [-0.4, -0.2) is 57.3 Å². The first-order valence-corrected chi connectivity index (χ1v) is 15.5. The lowest BCUT2D eigenvalue weighted by molar-refractivity contribution is 0.0729. The zero-order valence-electron chi connectivity index (χ0n) is 21.8. The van der Waals surface area contributed by atoms with Crippen LogP contribution in [0.3, 0.4) is 0 Å². The standard InChI is InChI=1S/C30H30ClN6OP/c1-22-28-30(36(33-22)24-12-6-3-7-13-24)32-29(23-10-4-2-5-11-23)37(25-16-17-25)39(28,35-18-20-38-21-19-35)34-27-15-9-8-14-26(27)31/h2-15,25H,16-21H2,1H3. The fraction of sp³-hybridized carbons (Fsp3) is 0.267. The SMILES string of the molecule is Cc1nn(-c2ccccc2)c2c1P(=Nc1ccccc1Cl)(N1CCOCC1)N(C1CC1)C(c1ccccc1)=N2. The van der Waals surface area contributed by atoms with Gasteiger partial charge in [0.1, 0.15) is 5.84 Å². The van der Waals surface area contributed by atoms with Crippen molar-refractivity contribution in [3.8, 4) is 5.69 Å². The van der Waals surface area contributed by atoms with Gasteiger partial charge in [0.25, 0.3) is 0 Å². The van der Waals surface area contributed by atoms with Crippen molar-refractivity contribution in [1.29, 1.82) is 0 Å². The zero-order valence-corrected chi connectivity index (χ0v) is 23.5.